The van der Waals surface area contributed by atoms with Crippen LogP contribution in [0.4, 0.5) is 0 Å². The van der Waals surface area contributed by atoms with E-state index >= 15 is 0 Å². The van der Waals surface area contributed by atoms with E-state index in [1.54, 1.807) is 0 Å². The average Bonchev–Trinajstić information content (AvgIpc) is 2.68. The fraction of sp³-hybridized carbons (Fsp3) is 0.909. The fourth-order valence-electron chi connectivity index (χ4n) is 2.58. The zero-order valence-corrected chi connectivity index (χ0v) is 11.2. The molecule has 0 aromatic heterocycles. The molecule has 0 radical (unpaired) electrons. The highest BCUT2D eigenvalue weighted by Gasteiger charge is 2.62. The second-order valence-corrected chi connectivity index (χ2v) is 7.90. The molecule has 4 heteroatoms. The summed E-state index contributed by atoms with van der Waals surface area (Å²) in [5.41, 5.74) is 0.271. The Morgan fingerprint density at radius 2 is 2.00 bits per heavy atom. The maximum Gasteiger partial charge on any atom is 0.305 e. The normalized spacial score (nSPS) is 31.3. The van der Waals surface area contributed by atoms with E-state index in [0.29, 0.717) is 16.4 Å². The highest BCUT2D eigenvalue weighted by molar-refractivity contribution is 8.21. The minimum absolute atomic E-state index is 0.0593. The minimum atomic E-state index is -0.0593. The van der Waals surface area contributed by atoms with Crippen molar-refractivity contribution in [2.24, 2.45) is 11.3 Å². The predicted octanol–water partition coefficient (Wildman–Crippen LogP) is 2.77. The van der Waals surface area contributed by atoms with Crippen LogP contribution in [0.3, 0.4) is 0 Å². The van der Waals surface area contributed by atoms with E-state index in [0.717, 1.165) is 0 Å². The van der Waals surface area contributed by atoms with Gasteiger partial charge >= 0.3 is 5.97 Å². The molecule has 1 heterocycles. The van der Waals surface area contributed by atoms with Gasteiger partial charge in [0.15, 0.2) is 0 Å². The van der Waals surface area contributed by atoms with Gasteiger partial charge in [-0.2, -0.15) is 0 Å². The first-order chi connectivity index (χ1) is 7.02. The molecule has 1 spiro atoms. The van der Waals surface area contributed by atoms with Gasteiger partial charge in [-0.25, -0.2) is 0 Å². The van der Waals surface area contributed by atoms with Crippen molar-refractivity contribution >= 4 is 29.5 Å². The van der Waals surface area contributed by atoms with Gasteiger partial charge in [-0.1, -0.05) is 13.8 Å². The molecule has 0 bridgehead atoms. The van der Waals surface area contributed by atoms with Gasteiger partial charge in [0.25, 0.3) is 0 Å². The van der Waals surface area contributed by atoms with Crippen molar-refractivity contribution in [2.75, 3.05) is 18.6 Å². The summed E-state index contributed by atoms with van der Waals surface area (Å²) >= 11 is 4.18. The molecular weight excluding hydrogens is 228 g/mol. The van der Waals surface area contributed by atoms with Crippen LogP contribution in [0.5, 0.6) is 0 Å². The number of carbonyl (C=O) groups excluding carboxylic acids is 1. The Bertz CT molecular complexity index is 270. The van der Waals surface area contributed by atoms with E-state index in [4.69, 9.17) is 4.74 Å². The van der Waals surface area contributed by atoms with E-state index in [-0.39, 0.29) is 11.4 Å². The van der Waals surface area contributed by atoms with E-state index in [1.807, 2.05) is 0 Å². The standard InChI is InChI=1S/C11H18O2S2/c1-10(2)8(6-9(12)13-3)7-11(10)14-4-5-15-11/h8H,4-7H2,1-3H3. The molecule has 1 aliphatic carbocycles. The van der Waals surface area contributed by atoms with Crippen LogP contribution < -0.4 is 0 Å². The lowest BCUT2D eigenvalue weighted by Gasteiger charge is -2.59. The van der Waals surface area contributed by atoms with Gasteiger partial charge in [0, 0.05) is 17.9 Å². The molecule has 15 heavy (non-hydrogen) atoms. The number of carbonyl (C=O) groups is 1. The van der Waals surface area contributed by atoms with Crippen molar-refractivity contribution in [3.63, 3.8) is 0 Å². The molecule has 0 amide bonds. The highest BCUT2D eigenvalue weighted by Crippen LogP contribution is 2.69. The summed E-state index contributed by atoms with van der Waals surface area (Å²) in [7, 11) is 1.48. The van der Waals surface area contributed by atoms with Crippen molar-refractivity contribution in [1.29, 1.82) is 0 Å². The molecule has 1 saturated carbocycles. The zero-order valence-electron chi connectivity index (χ0n) is 9.54. The lowest BCUT2D eigenvalue weighted by atomic mass is 9.60. The van der Waals surface area contributed by atoms with Crippen molar-refractivity contribution in [2.45, 2.75) is 30.8 Å². The molecule has 2 fully saturated rings. The quantitative estimate of drug-likeness (QED) is 0.700. The Kier molecular flexibility index (Phi) is 3.01. The Labute approximate surface area is 99.9 Å². The molecule has 0 N–H and O–H groups in total. The topological polar surface area (TPSA) is 26.3 Å². The lowest BCUT2D eigenvalue weighted by Crippen LogP contribution is -2.55. The third-order valence-corrected chi connectivity index (χ3v) is 8.01. The number of thioether (sulfide) groups is 2. The summed E-state index contributed by atoms with van der Waals surface area (Å²) in [6.45, 7) is 4.60. The summed E-state index contributed by atoms with van der Waals surface area (Å²) in [5, 5.41) is 0. The molecule has 1 saturated heterocycles. The molecule has 1 aliphatic heterocycles. The number of hydrogen-bond acceptors (Lipinski definition) is 4. The van der Waals surface area contributed by atoms with Crippen LogP contribution in [0.25, 0.3) is 0 Å². The monoisotopic (exact) mass is 246 g/mol. The van der Waals surface area contributed by atoms with Gasteiger partial charge in [0.05, 0.1) is 11.2 Å². The smallest absolute Gasteiger partial charge is 0.305 e. The number of ether oxygens (including phenoxy) is 1. The molecule has 2 nitrogen and oxygen atoms in total. The average molecular weight is 246 g/mol. The zero-order chi connectivity index (χ0) is 11.1. The maximum atomic E-state index is 11.3. The van der Waals surface area contributed by atoms with Crippen LogP contribution >= 0.6 is 23.5 Å². The summed E-state index contributed by atoms with van der Waals surface area (Å²) < 4.78 is 5.14. The predicted molar refractivity (Wildman–Crippen MR) is 66.2 cm³/mol. The van der Waals surface area contributed by atoms with Gasteiger partial charge in [0.1, 0.15) is 0 Å². The molecular formula is C11H18O2S2. The molecule has 0 aromatic rings. The highest BCUT2D eigenvalue weighted by atomic mass is 32.2. The third kappa shape index (κ3) is 1.70. The van der Waals surface area contributed by atoms with Gasteiger partial charge in [0.2, 0.25) is 0 Å². The number of rotatable bonds is 2. The van der Waals surface area contributed by atoms with Crippen LogP contribution in [-0.2, 0) is 9.53 Å². The number of methoxy groups -OCH3 is 1. The Hall–Kier alpha value is 0.170. The van der Waals surface area contributed by atoms with E-state index < -0.39 is 0 Å². The van der Waals surface area contributed by atoms with Crippen molar-refractivity contribution in [1.82, 2.24) is 0 Å². The largest absolute Gasteiger partial charge is 0.469 e. The van der Waals surface area contributed by atoms with Gasteiger partial charge in [-0.05, 0) is 17.8 Å². The summed E-state index contributed by atoms with van der Waals surface area (Å²) in [5.74, 6) is 2.97. The van der Waals surface area contributed by atoms with Gasteiger partial charge < -0.3 is 4.74 Å². The number of esters is 1. The van der Waals surface area contributed by atoms with Gasteiger partial charge in [-0.3, -0.25) is 4.79 Å². The summed E-state index contributed by atoms with van der Waals surface area (Å²) in [6.07, 6.45) is 1.76. The first kappa shape index (κ1) is 11.6. The van der Waals surface area contributed by atoms with Crippen LogP contribution in [-0.4, -0.2) is 28.7 Å². The number of hydrogen-bond donors (Lipinski definition) is 0. The Balaban J connectivity index is 2.00. The van der Waals surface area contributed by atoms with E-state index in [9.17, 15) is 4.79 Å². The second-order valence-electron chi connectivity index (χ2n) is 4.85. The molecule has 2 aliphatic rings. The van der Waals surface area contributed by atoms with Gasteiger partial charge in [-0.15, -0.1) is 23.5 Å². The molecule has 0 aromatic carbocycles. The lowest BCUT2D eigenvalue weighted by molar-refractivity contribution is -0.144. The minimum Gasteiger partial charge on any atom is -0.469 e. The molecule has 1 unspecified atom stereocenters. The SMILES string of the molecule is COC(=O)CC1CC2(SCCS2)C1(C)C. The first-order valence-electron chi connectivity index (χ1n) is 5.36. The Morgan fingerprint density at radius 3 is 2.47 bits per heavy atom. The van der Waals surface area contributed by atoms with Crippen molar-refractivity contribution in [3.8, 4) is 0 Å². The van der Waals surface area contributed by atoms with Crippen LogP contribution in [0.1, 0.15) is 26.7 Å². The van der Waals surface area contributed by atoms with Crippen LogP contribution in [0.2, 0.25) is 0 Å². The molecule has 86 valence electrons. The Morgan fingerprint density at radius 1 is 1.40 bits per heavy atom. The summed E-state index contributed by atoms with van der Waals surface area (Å²) in [4.78, 5) is 11.3. The third-order valence-electron chi connectivity index (χ3n) is 3.91. The molecule has 2 rings (SSSR count). The van der Waals surface area contributed by atoms with Crippen molar-refractivity contribution in [3.05, 3.63) is 0 Å². The van der Waals surface area contributed by atoms with Crippen LogP contribution in [0, 0.1) is 11.3 Å². The van der Waals surface area contributed by atoms with E-state index in [2.05, 4.69) is 37.4 Å². The molecule has 1 atom stereocenters. The maximum absolute atomic E-state index is 11.3. The first-order valence-corrected chi connectivity index (χ1v) is 7.34. The van der Waals surface area contributed by atoms with Crippen LogP contribution in [0.15, 0.2) is 0 Å². The fourth-order valence-corrected chi connectivity index (χ4v) is 6.45. The second kappa shape index (κ2) is 3.88. The summed E-state index contributed by atoms with van der Waals surface area (Å²) in [6, 6.07) is 0. The van der Waals surface area contributed by atoms with Crippen molar-refractivity contribution < 1.29 is 9.53 Å². The van der Waals surface area contributed by atoms with E-state index in [1.165, 1.54) is 25.0 Å².